The Bertz CT molecular complexity index is 783. The van der Waals surface area contributed by atoms with Crippen LogP contribution in [0.1, 0.15) is 35.3 Å². The smallest absolute Gasteiger partial charge is 0.253 e. The van der Waals surface area contributed by atoms with E-state index in [0.29, 0.717) is 12.1 Å². The molecule has 25 heavy (non-hydrogen) atoms. The van der Waals surface area contributed by atoms with Gasteiger partial charge in [0, 0.05) is 19.2 Å². The van der Waals surface area contributed by atoms with Gasteiger partial charge in [-0.15, -0.1) is 0 Å². The van der Waals surface area contributed by atoms with E-state index in [1.54, 1.807) is 4.90 Å². The number of benzene rings is 2. The molecule has 0 fully saturated rings. The summed E-state index contributed by atoms with van der Waals surface area (Å²) in [5, 5.41) is 0. The lowest BCUT2D eigenvalue weighted by Crippen LogP contribution is -2.26. The number of carbonyl (C=O) groups excluding carboxylic acids is 1. The average molecular weight is 331 g/mol. The fourth-order valence-corrected chi connectivity index (χ4v) is 2.53. The predicted molar refractivity (Wildman–Crippen MR) is 106 cm³/mol. The summed E-state index contributed by atoms with van der Waals surface area (Å²) in [6, 6.07) is 17.6. The lowest BCUT2D eigenvalue weighted by molar-refractivity contribution is 0.0785. The molecule has 2 aromatic carbocycles. The number of hydrogen-bond donors (Lipinski definition) is 0. The van der Waals surface area contributed by atoms with E-state index in [1.165, 1.54) is 0 Å². The molecule has 0 atom stereocenters. The molecule has 2 rings (SSSR count). The summed E-state index contributed by atoms with van der Waals surface area (Å²) in [5.41, 5.74) is 4.91. The molecule has 0 saturated carbocycles. The number of amides is 1. The first-order valence-electron chi connectivity index (χ1n) is 8.41. The fourth-order valence-electron chi connectivity index (χ4n) is 2.53. The third-order valence-corrected chi connectivity index (χ3v) is 4.10. The van der Waals surface area contributed by atoms with Crippen LogP contribution < -0.4 is 0 Å². The van der Waals surface area contributed by atoms with Gasteiger partial charge in [0.1, 0.15) is 0 Å². The molecule has 1 amide bonds. The zero-order chi connectivity index (χ0) is 18.2. The molecule has 2 nitrogen and oxygen atoms in total. The molecule has 0 aromatic heterocycles. The molecular formula is C23H25NO. The van der Waals surface area contributed by atoms with E-state index in [1.807, 2.05) is 93.7 Å². The quantitative estimate of drug-likeness (QED) is 0.641. The Labute approximate surface area is 150 Å². The van der Waals surface area contributed by atoms with Crippen molar-refractivity contribution in [2.24, 2.45) is 0 Å². The molecule has 2 aromatic rings. The van der Waals surface area contributed by atoms with Crippen molar-refractivity contribution in [1.29, 1.82) is 0 Å². The molecule has 0 aliphatic rings. The van der Waals surface area contributed by atoms with Crippen LogP contribution >= 0.6 is 0 Å². The van der Waals surface area contributed by atoms with Gasteiger partial charge >= 0.3 is 0 Å². The zero-order valence-electron chi connectivity index (χ0n) is 15.2. The van der Waals surface area contributed by atoms with Crippen molar-refractivity contribution < 1.29 is 4.79 Å². The van der Waals surface area contributed by atoms with E-state index >= 15 is 0 Å². The lowest BCUT2D eigenvalue weighted by atomic mass is 9.99. The number of allylic oxidation sites excluding steroid dienone is 5. The maximum absolute atomic E-state index is 12.6. The van der Waals surface area contributed by atoms with Crippen molar-refractivity contribution in [2.45, 2.75) is 20.4 Å². The highest BCUT2D eigenvalue weighted by Gasteiger charge is 2.12. The van der Waals surface area contributed by atoms with Gasteiger partial charge in [-0.2, -0.15) is 0 Å². The van der Waals surface area contributed by atoms with Crippen LogP contribution in [0.25, 0.3) is 5.57 Å². The summed E-state index contributed by atoms with van der Waals surface area (Å²) < 4.78 is 0. The van der Waals surface area contributed by atoms with Crippen LogP contribution in [0.2, 0.25) is 0 Å². The number of carbonyl (C=O) groups is 1. The van der Waals surface area contributed by atoms with Crippen LogP contribution in [-0.2, 0) is 6.54 Å². The molecule has 0 unspecified atom stereocenters. The monoisotopic (exact) mass is 331 g/mol. The number of nitrogens with zero attached hydrogens (tertiary/aromatic N) is 1. The average Bonchev–Trinajstić information content (AvgIpc) is 2.65. The Balaban J connectivity index is 2.08. The van der Waals surface area contributed by atoms with E-state index in [4.69, 9.17) is 0 Å². The van der Waals surface area contributed by atoms with Gasteiger partial charge in [0.25, 0.3) is 5.91 Å². The minimum atomic E-state index is 0.0159. The van der Waals surface area contributed by atoms with Gasteiger partial charge in [0.05, 0.1) is 0 Å². The molecule has 0 heterocycles. The molecule has 0 spiro atoms. The first-order valence-corrected chi connectivity index (χ1v) is 8.41. The van der Waals surface area contributed by atoms with Crippen LogP contribution in [0.15, 0.2) is 85.0 Å². The normalized spacial score (nSPS) is 11.6. The minimum Gasteiger partial charge on any atom is -0.337 e. The summed E-state index contributed by atoms with van der Waals surface area (Å²) >= 11 is 0. The standard InChI is InChI=1S/C23H25NO/c1-5-6-10-18(2)19(3)21-13-15-22(16-14-21)23(25)24(4)17-20-11-8-7-9-12-20/h5-16H,3,17H2,1-2,4H3/b6-5-,18-10-. The van der Waals surface area contributed by atoms with Crippen molar-refractivity contribution >= 4 is 11.5 Å². The number of rotatable bonds is 6. The second kappa shape index (κ2) is 8.84. The first-order chi connectivity index (χ1) is 12.0. The van der Waals surface area contributed by atoms with Gasteiger partial charge in [-0.1, -0.05) is 67.3 Å². The molecule has 2 heteroatoms. The summed E-state index contributed by atoms with van der Waals surface area (Å²) in [5.74, 6) is 0.0159. The van der Waals surface area contributed by atoms with Crippen molar-refractivity contribution in [3.8, 4) is 0 Å². The molecule has 0 aliphatic heterocycles. The van der Waals surface area contributed by atoms with Crippen molar-refractivity contribution in [3.05, 3.63) is 102 Å². The van der Waals surface area contributed by atoms with E-state index in [2.05, 4.69) is 6.58 Å². The van der Waals surface area contributed by atoms with E-state index < -0.39 is 0 Å². The third-order valence-electron chi connectivity index (χ3n) is 4.10. The second-order valence-electron chi connectivity index (χ2n) is 6.08. The zero-order valence-corrected chi connectivity index (χ0v) is 15.2. The topological polar surface area (TPSA) is 20.3 Å². The van der Waals surface area contributed by atoms with Gasteiger partial charge in [-0.05, 0) is 48.3 Å². The molecule has 0 N–H and O–H groups in total. The Morgan fingerprint density at radius 1 is 1.04 bits per heavy atom. The van der Waals surface area contributed by atoms with E-state index in [0.717, 1.165) is 22.3 Å². The van der Waals surface area contributed by atoms with Gasteiger partial charge in [-0.25, -0.2) is 0 Å². The molecule has 0 bridgehead atoms. The molecule has 0 aliphatic carbocycles. The van der Waals surface area contributed by atoms with Crippen molar-refractivity contribution in [3.63, 3.8) is 0 Å². The third kappa shape index (κ3) is 5.05. The first kappa shape index (κ1) is 18.5. The van der Waals surface area contributed by atoms with Crippen molar-refractivity contribution in [2.75, 3.05) is 7.05 Å². The van der Waals surface area contributed by atoms with Crippen LogP contribution in [0, 0.1) is 0 Å². The molecule has 0 saturated heterocycles. The molecule has 0 radical (unpaired) electrons. The Morgan fingerprint density at radius 2 is 1.64 bits per heavy atom. The fraction of sp³-hybridized carbons (Fsp3) is 0.174. The second-order valence-corrected chi connectivity index (χ2v) is 6.08. The Morgan fingerprint density at radius 3 is 2.24 bits per heavy atom. The van der Waals surface area contributed by atoms with E-state index in [-0.39, 0.29) is 5.91 Å². The minimum absolute atomic E-state index is 0.0159. The van der Waals surface area contributed by atoms with E-state index in [9.17, 15) is 4.79 Å². The largest absolute Gasteiger partial charge is 0.337 e. The van der Waals surface area contributed by atoms with Gasteiger partial charge < -0.3 is 4.90 Å². The lowest BCUT2D eigenvalue weighted by Gasteiger charge is -2.17. The van der Waals surface area contributed by atoms with Crippen LogP contribution in [0.3, 0.4) is 0 Å². The van der Waals surface area contributed by atoms with Crippen LogP contribution in [-0.4, -0.2) is 17.9 Å². The highest BCUT2D eigenvalue weighted by molar-refractivity contribution is 5.94. The highest BCUT2D eigenvalue weighted by atomic mass is 16.2. The van der Waals surface area contributed by atoms with Crippen LogP contribution in [0.4, 0.5) is 0 Å². The number of hydrogen-bond acceptors (Lipinski definition) is 1. The summed E-state index contributed by atoms with van der Waals surface area (Å²) in [6.07, 6.45) is 6.02. The maximum Gasteiger partial charge on any atom is 0.253 e. The summed E-state index contributed by atoms with van der Waals surface area (Å²) in [4.78, 5) is 14.3. The van der Waals surface area contributed by atoms with Gasteiger partial charge in [0.15, 0.2) is 0 Å². The van der Waals surface area contributed by atoms with Crippen LogP contribution in [0.5, 0.6) is 0 Å². The highest BCUT2D eigenvalue weighted by Crippen LogP contribution is 2.21. The molecular weight excluding hydrogens is 306 g/mol. The Kier molecular flexibility index (Phi) is 6.53. The SMILES string of the molecule is C=C(/C(C)=C\C=C/C)c1ccc(C(=O)N(C)Cc2ccccc2)cc1. The predicted octanol–water partition coefficient (Wildman–Crippen LogP) is 5.49. The summed E-state index contributed by atoms with van der Waals surface area (Å²) in [7, 11) is 1.83. The van der Waals surface area contributed by atoms with Crippen molar-refractivity contribution in [1.82, 2.24) is 4.90 Å². The maximum atomic E-state index is 12.6. The summed E-state index contributed by atoms with van der Waals surface area (Å²) in [6.45, 7) is 8.76. The van der Waals surface area contributed by atoms with Gasteiger partial charge in [0.2, 0.25) is 0 Å². The molecule has 128 valence electrons. The van der Waals surface area contributed by atoms with Gasteiger partial charge in [-0.3, -0.25) is 4.79 Å². The Hall–Kier alpha value is -2.87.